The molecule has 0 saturated carbocycles. The van der Waals surface area contributed by atoms with Gasteiger partial charge in [0.25, 0.3) is 5.92 Å². The van der Waals surface area contributed by atoms with Gasteiger partial charge in [0.15, 0.2) is 11.9 Å². The van der Waals surface area contributed by atoms with Crippen LogP contribution in [0.4, 0.5) is 22.0 Å². The van der Waals surface area contributed by atoms with Crippen molar-refractivity contribution >= 4 is 0 Å². The van der Waals surface area contributed by atoms with Crippen molar-refractivity contribution < 1.29 is 31.4 Å². The minimum Gasteiger partial charge on any atom is -0.483 e. The van der Waals surface area contributed by atoms with Gasteiger partial charge in [-0.2, -0.15) is 5.26 Å². The first-order valence-corrected chi connectivity index (χ1v) is 5.76. The van der Waals surface area contributed by atoms with Crippen molar-refractivity contribution in [3.8, 4) is 17.6 Å². The number of nitrogens with one attached hydrogen (secondary N) is 1. The summed E-state index contributed by atoms with van der Waals surface area (Å²) in [7, 11) is 0. The highest BCUT2D eigenvalue weighted by Crippen LogP contribution is 2.32. The molecule has 1 fully saturated rings. The maximum absolute atomic E-state index is 13.4. The Morgan fingerprint density at radius 1 is 1.33 bits per heavy atom. The second kappa shape index (κ2) is 5.37. The summed E-state index contributed by atoms with van der Waals surface area (Å²) in [5, 5.41) is 11.1. The van der Waals surface area contributed by atoms with Gasteiger partial charge in [0, 0.05) is 12.6 Å². The van der Waals surface area contributed by atoms with Crippen molar-refractivity contribution in [3.05, 3.63) is 23.8 Å². The summed E-state index contributed by atoms with van der Waals surface area (Å²) in [6, 6.07) is 4.42. The van der Waals surface area contributed by atoms with Crippen LogP contribution in [0.5, 0.6) is 11.5 Å². The Labute approximate surface area is 116 Å². The van der Waals surface area contributed by atoms with Crippen molar-refractivity contribution in [2.45, 2.75) is 18.4 Å². The van der Waals surface area contributed by atoms with E-state index in [1.165, 1.54) is 6.07 Å². The molecular formula is C12H9F5N2O2. The Kier molecular flexibility index (Phi) is 3.91. The van der Waals surface area contributed by atoms with Crippen molar-refractivity contribution in [1.29, 1.82) is 5.26 Å². The molecular weight excluding hydrogens is 299 g/mol. The van der Waals surface area contributed by atoms with Crippen LogP contribution < -0.4 is 14.8 Å². The topological polar surface area (TPSA) is 54.3 Å². The summed E-state index contributed by atoms with van der Waals surface area (Å²) in [6.07, 6.45) is -6.49. The first-order chi connectivity index (χ1) is 9.71. The van der Waals surface area contributed by atoms with Gasteiger partial charge in [-0.25, -0.2) is 8.78 Å². The van der Waals surface area contributed by atoms with Crippen LogP contribution in [0.2, 0.25) is 0 Å². The van der Waals surface area contributed by atoms with Crippen molar-refractivity contribution in [2.75, 3.05) is 13.1 Å². The molecule has 0 aliphatic carbocycles. The Balaban J connectivity index is 2.22. The SMILES string of the molecule is N#Cc1ccc(O[C@H]2CNCC2(F)F)cc1OC(F)(F)F. The number of ether oxygens (including phenoxy) is 2. The minimum absolute atomic E-state index is 0.136. The molecule has 1 aromatic rings. The van der Waals surface area contributed by atoms with E-state index in [0.29, 0.717) is 0 Å². The number of benzene rings is 1. The van der Waals surface area contributed by atoms with Crippen LogP contribution in [0, 0.1) is 11.3 Å². The lowest BCUT2D eigenvalue weighted by Gasteiger charge is -2.20. The van der Waals surface area contributed by atoms with Crippen LogP contribution in [-0.2, 0) is 0 Å². The molecule has 1 atom stereocenters. The second-order valence-corrected chi connectivity index (χ2v) is 4.32. The fourth-order valence-corrected chi connectivity index (χ4v) is 1.80. The van der Waals surface area contributed by atoms with Gasteiger partial charge in [-0.1, -0.05) is 0 Å². The van der Waals surface area contributed by atoms with Crippen LogP contribution in [0.1, 0.15) is 5.56 Å². The van der Waals surface area contributed by atoms with E-state index in [1.54, 1.807) is 0 Å². The monoisotopic (exact) mass is 308 g/mol. The Morgan fingerprint density at radius 2 is 2.05 bits per heavy atom. The van der Waals surface area contributed by atoms with Gasteiger partial charge in [0.2, 0.25) is 0 Å². The standard InChI is InChI=1S/C12H9F5N2O2/c13-11(14)6-19-5-10(11)20-8-2-1-7(4-18)9(3-8)21-12(15,16)17/h1-3,10,19H,5-6H2/t10-/m0/s1. The summed E-state index contributed by atoms with van der Waals surface area (Å²) in [5.41, 5.74) is -0.379. The van der Waals surface area contributed by atoms with Crippen LogP contribution in [0.15, 0.2) is 18.2 Å². The number of hydrogen-bond donors (Lipinski definition) is 1. The lowest BCUT2D eigenvalue weighted by Crippen LogP contribution is -2.36. The molecule has 1 N–H and O–H groups in total. The molecule has 1 aliphatic rings. The lowest BCUT2D eigenvalue weighted by atomic mass is 10.2. The molecule has 114 valence electrons. The summed E-state index contributed by atoms with van der Waals surface area (Å²) >= 11 is 0. The quantitative estimate of drug-likeness (QED) is 0.872. The highest BCUT2D eigenvalue weighted by Gasteiger charge is 2.46. The van der Waals surface area contributed by atoms with E-state index in [0.717, 1.165) is 18.2 Å². The Hall–Kier alpha value is -2.08. The molecule has 0 spiro atoms. The molecule has 1 heterocycles. The molecule has 0 unspecified atom stereocenters. The van der Waals surface area contributed by atoms with Gasteiger partial charge in [-0.3, -0.25) is 0 Å². The maximum atomic E-state index is 13.4. The Bertz CT molecular complexity index is 568. The van der Waals surface area contributed by atoms with E-state index in [4.69, 9.17) is 10.00 Å². The van der Waals surface area contributed by atoms with Crippen LogP contribution in [-0.4, -0.2) is 31.5 Å². The van der Waals surface area contributed by atoms with Crippen LogP contribution >= 0.6 is 0 Å². The largest absolute Gasteiger partial charge is 0.573 e. The van der Waals surface area contributed by atoms with Gasteiger partial charge in [-0.05, 0) is 12.1 Å². The zero-order chi connectivity index (χ0) is 15.7. The number of nitriles is 1. The predicted octanol–water partition coefficient (Wildman–Crippen LogP) is 2.44. The van der Waals surface area contributed by atoms with Gasteiger partial charge in [-0.15, -0.1) is 13.2 Å². The number of hydrogen-bond acceptors (Lipinski definition) is 4. The second-order valence-electron chi connectivity index (χ2n) is 4.32. The highest BCUT2D eigenvalue weighted by molar-refractivity contribution is 5.47. The Morgan fingerprint density at radius 3 is 2.57 bits per heavy atom. The number of nitrogens with zero attached hydrogens (tertiary/aromatic N) is 1. The number of rotatable bonds is 3. The molecule has 9 heteroatoms. The van der Waals surface area contributed by atoms with E-state index in [9.17, 15) is 22.0 Å². The van der Waals surface area contributed by atoms with Crippen molar-refractivity contribution in [2.24, 2.45) is 0 Å². The zero-order valence-electron chi connectivity index (χ0n) is 10.4. The third kappa shape index (κ3) is 3.72. The lowest BCUT2D eigenvalue weighted by molar-refractivity contribution is -0.274. The van der Waals surface area contributed by atoms with Gasteiger partial charge < -0.3 is 14.8 Å². The first-order valence-electron chi connectivity index (χ1n) is 5.76. The third-order valence-corrected chi connectivity index (χ3v) is 2.74. The molecule has 4 nitrogen and oxygen atoms in total. The fourth-order valence-electron chi connectivity index (χ4n) is 1.80. The molecule has 0 amide bonds. The average molecular weight is 308 g/mol. The molecule has 1 aromatic carbocycles. The van der Waals surface area contributed by atoms with Gasteiger partial charge in [0.05, 0.1) is 12.1 Å². The molecule has 1 saturated heterocycles. The minimum atomic E-state index is -5.00. The number of halogens is 5. The van der Waals surface area contributed by atoms with E-state index in [2.05, 4.69) is 10.1 Å². The predicted molar refractivity (Wildman–Crippen MR) is 60.1 cm³/mol. The molecule has 0 radical (unpaired) electrons. The molecule has 2 rings (SSSR count). The average Bonchev–Trinajstić information content (AvgIpc) is 2.67. The van der Waals surface area contributed by atoms with Crippen molar-refractivity contribution in [1.82, 2.24) is 5.32 Å². The van der Waals surface area contributed by atoms with E-state index in [-0.39, 0.29) is 17.9 Å². The van der Waals surface area contributed by atoms with Crippen molar-refractivity contribution in [3.63, 3.8) is 0 Å². The zero-order valence-corrected chi connectivity index (χ0v) is 10.4. The van der Waals surface area contributed by atoms with Crippen LogP contribution in [0.25, 0.3) is 0 Å². The smallest absolute Gasteiger partial charge is 0.483 e. The summed E-state index contributed by atoms with van der Waals surface area (Å²) in [4.78, 5) is 0. The molecule has 21 heavy (non-hydrogen) atoms. The normalized spacial score (nSPS) is 20.9. The molecule has 0 bridgehead atoms. The summed E-state index contributed by atoms with van der Waals surface area (Å²) in [6.45, 7) is -0.706. The molecule has 0 aromatic heterocycles. The van der Waals surface area contributed by atoms with E-state index < -0.39 is 30.7 Å². The summed E-state index contributed by atoms with van der Waals surface area (Å²) in [5.74, 6) is -4.16. The highest BCUT2D eigenvalue weighted by atomic mass is 19.4. The van der Waals surface area contributed by atoms with Gasteiger partial charge >= 0.3 is 6.36 Å². The maximum Gasteiger partial charge on any atom is 0.573 e. The molecule has 1 aliphatic heterocycles. The third-order valence-electron chi connectivity index (χ3n) is 2.74. The van der Waals surface area contributed by atoms with E-state index >= 15 is 0 Å². The fraction of sp³-hybridized carbons (Fsp3) is 0.417. The van der Waals surface area contributed by atoms with Gasteiger partial charge in [0.1, 0.15) is 11.8 Å². The summed E-state index contributed by atoms with van der Waals surface area (Å²) < 4.78 is 72.0. The van der Waals surface area contributed by atoms with Crippen LogP contribution in [0.3, 0.4) is 0 Å². The first kappa shape index (κ1) is 15.3. The number of alkyl halides is 5. The van der Waals surface area contributed by atoms with E-state index in [1.807, 2.05) is 0 Å².